The number of aliphatic hydroxyl groups excluding tert-OH is 1. The van der Waals surface area contributed by atoms with E-state index in [0.29, 0.717) is 11.5 Å². The minimum absolute atomic E-state index is 0.0883. The number of piperazine rings is 1. The number of amides is 1. The number of rotatable bonds is 12. The SMILES string of the molecule is CC(CCc1cccc(C(=O)N2[C@H](C)CN(Cc3ccc(C(=O)CO)cc3)C[C@@H]2C)c1)CN(C)Cc1ccccc1. The van der Waals surface area contributed by atoms with Crippen LogP contribution in [0.1, 0.15) is 64.6 Å². The highest BCUT2D eigenvalue weighted by molar-refractivity contribution is 5.97. The van der Waals surface area contributed by atoms with Crippen molar-refractivity contribution in [1.29, 1.82) is 0 Å². The molecule has 1 unspecified atom stereocenters. The molecule has 1 aliphatic heterocycles. The van der Waals surface area contributed by atoms with E-state index in [1.54, 1.807) is 12.1 Å². The molecule has 0 bridgehead atoms. The molecular formula is C35H45N3O3. The molecule has 0 saturated carbocycles. The van der Waals surface area contributed by atoms with E-state index in [-0.39, 0.29) is 23.8 Å². The topological polar surface area (TPSA) is 64.1 Å². The average Bonchev–Trinajstić information content (AvgIpc) is 2.96. The van der Waals surface area contributed by atoms with Gasteiger partial charge in [0, 0.05) is 55.9 Å². The van der Waals surface area contributed by atoms with Gasteiger partial charge >= 0.3 is 0 Å². The van der Waals surface area contributed by atoms with Crippen molar-refractivity contribution in [2.75, 3.05) is 33.3 Å². The summed E-state index contributed by atoms with van der Waals surface area (Å²) in [7, 11) is 2.18. The number of nitrogens with zero attached hydrogens (tertiary/aromatic N) is 3. The number of carbonyl (C=O) groups is 2. The number of aryl methyl sites for hydroxylation is 1. The summed E-state index contributed by atoms with van der Waals surface area (Å²) in [5.41, 5.74) is 4.97. The normalized spacial score (nSPS) is 18.4. The van der Waals surface area contributed by atoms with Crippen LogP contribution in [0, 0.1) is 5.92 Å². The summed E-state index contributed by atoms with van der Waals surface area (Å²) >= 11 is 0. The van der Waals surface area contributed by atoms with E-state index in [4.69, 9.17) is 5.11 Å². The molecule has 1 saturated heterocycles. The van der Waals surface area contributed by atoms with Crippen molar-refractivity contribution in [2.24, 2.45) is 5.92 Å². The first-order valence-electron chi connectivity index (χ1n) is 14.8. The number of aliphatic hydroxyl groups is 1. The van der Waals surface area contributed by atoms with Crippen LogP contribution < -0.4 is 0 Å². The number of benzene rings is 3. The third-order valence-electron chi connectivity index (χ3n) is 8.07. The minimum Gasteiger partial charge on any atom is -0.388 e. The molecule has 1 aliphatic rings. The van der Waals surface area contributed by atoms with Gasteiger partial charge < -0.3 is 14.9 Å². The Morgan fingerprint density at radius 1 is 0.878 bits per heavy atom. The van der Waals surface area contributed by atoms with Crippen LogP contribution >= 0.6 is 0 Å². The quantitative estimate of drug-likeness (QED) is 0.308. The van der Waals surface area contributed by atoms with Crippen molar-refractivity contribution in [3.63, 3.8) is 0 Å². The summed E-state index contributed by atoms with van der Waals surface area (Å²) < 4.78 is 0. The maximum atomic E-state index is 13.7. The van der Waals surface area contributed by atoms with Crippen molar-refractivity contribution in [3.8, 4) is 0 Å². The van der Waals surface area contributed by atoms with E-state index in [1.165, 1.54) is 11.1 Å². The van der Waals surface area contributed by atoms with E-state index in [1.807, 2.05) is 29.2 Å². The molecule has 0 aromatic heterocycles. The van der Waals surface area contributed by atoms with Crippen LogP contribution in [0.4, 0.5) is 0 Å². The zero-order valence-corrected chi connectivity index (χ0v) is 25.0. The zero-order valence-electron chi connectivity index (χ0n) is 25.0. The summed E-state index contributed by atoms with van der Waals surface area (Å²) in [6, 6.07) is 26.4. The molecule has 3 aromatic rings. The van der Waals surface area contributed by atoms with Crippen LogP contribution in [0.5, 0.6) is 0 Å². The third-order valence-corrected chi connectivity index (χ3v) is 8.07. The Balaban J connectivity index is 1.29. The van der Waals surface area contributed by atoms with Gasteiger partial charge in [-0.3, -0.25) is 14.5 Å². The van der Waals surface area contributed by atoms with E-state index in [0.717, 1.165) is 56.7 Å². The highest BCUT2D eigenvalue weighted by Gasteiger charge is 2.33. The molecule has 1 N–H and O–H groups in total. The molecule has 1 amide bonds. The Bertz CT molecular complexity index is 1270. The lowest BCUT2D eigenvalue weighted by atomic mass is 9.98. The molecule has 4 rings (SSSR count). The second-order valence-corrected chi connectivity index (χ2v) is 11.9. The van der Waals surface area contributed by atoms with E-state index in [2.05, 4.69) is 80.1 Å². The van der Waals surface area contributed by atoms with Gasteiger partial charge in [-0.1, -0.05) is 73.7 Å². The lowest BCUT2D eigenvalue weighted by molar-refractivity contribution is 0.0268. The van der Waals surface area contributed by atoms with Gasteiger partial charge in [0.15, 0.2) is 5.78 Å². The standard InChI is InChI=1S/C35H45N3O3/c1-26(20-36(4)23-30-9-6-5-7-10-30)13-14-29-11-8-12-33(19-29)35(41)38-27(2)21-37(22-28(38)3)24-31-15-17-32(18-16-31)34(40)25-39/h5-12,15-19,26-28,39H,13-14,20-25H2,1-4H3/t26?,27-,28+. The Morgan fingerprint density at radius 2 is 1.54 bits per heavy atom. The molecule has 1 heterocycles. The number of carbonyl (C=O) groups excluding carboxylic acids is 2. The summed E-state index contributed by atoms with van der Waals surface area (Å²) in [4.78, 5) is 32.2. The monoisotopic (exact) mass is 555 g/mol. The van der Waals surface area contributed by atoms with Gasteiger partial charge in [0.1, 0.15) is 6.61 Å². The van der Waals surface area contributed by atoms with Crippen LogP contribution in [-0.2, 0) is 19.5 Å². The smallest absolute Gasteiger partial charge is 0.254 e. The maximum absolute atomic E-state index is 13.7. The van der Waals surface area contributed by atoms with Crippen molar-refractivity contribution in [3.05, 3.63) is 107 Å². The van der Waals surface area contributed by atoms with Gasteiger partial charge in [-0.25, -0.2) is 0 Å². The molecule has 0 aliphatic carbocycles. The highest BCUT2D eigenvalue weighted by Crippen LogP contribution is 2.22. The van der Waals surface area contributed by atoms with Gasteiger partial charge in [0.25, 0.3) is 5.91 Å². The predicted octanol–water partition coefficient (Wildman–Crippen LogP) is 5.30. The molecule has 1 fully saturated rings. The van der Waals surface area contributed by atoms with Crippen LogP contribution in [0.15, 0.2) is 78.9 Å². The van der Waals surface area contributed by atoms with Crippen molar-refractivity contribution in [1.82, 2.24) is 14.7 Å². The van der Waals surface area contributed by atoms with Gasteiger partial charge in [0.05, 0.1) is 0 Å². The summed E-state index contributed by atoms with van der Waals surface area (Å²) in [6.45, 7) is 10.4. The lowest BCUT2D eigenvalue weighted by Gasteiger charge is -2.44. The third kappa shape index (κ3) is 8.59. The molecule has 0 radical (unpaired) electrons. The Labute approximate surface area is 245 Å². The average molecular weight is 556 g/mol. The number of hydrogen-bond donors (Lipinski definition) is 1. The van der Waals surface area contributed by atoms with Gasteiger partial charge in [-0.05, 0) is 68.5 Å². The number of ketones is 1. The molecular weight excluding hydrogens is 510 g/mol. The molecule has 218 valence electrons. The van der Waals surface area contributed by atoms with Gasteiger partial charge in [-0.15, -0.1) is 0 Å². The van der Waals surface area contributed by atoms with Crippen molar-refractivity contribution in [2.45, 2.75) is 58.8 Å². The van der Waals surface area contributed by atoms with E-state index < -0.39 is 6.61 Å². The zero-order chi connectivity index (χ0) is 29.4. The largest absolute Gasteiger partial charge is 0.388 e. The Morgan fingerprint density at radius 3 is 2.20 bits per heavy atom. The maximum Gasteiger partial charge on any atom is 0.254 e. The van der Waals surface area contributed by atoms with E-state index >= 15 is 0 Å². The summed E-state index contributed by atoms with van der Waals surface area (Å²) in [5.74, 6) is 0.396. The molecule has 41 heavy (non-hydrogen) atoms. The van der Waals surface area contributed by atoms with Crippen LogP contribution in [0.25, 0.3) is 0 Å². The first kappa shape index (κ1) is 30.6. The lowest BCUT2D eigenvalue weighted by Crippen LogP contribution is -2.58. The van der Waals surface area contributed by atoms with E-state index in [9.17, 15) is 9.59 Å². The first-order chi connectivity index (χ1) is 19.7. The second kappa shape index (κ2) is 14.5. The number of Topliss-reactive ketones (excluding diaryl/α,β-unsaturated/α-hetero) is 1. The minimum atomic E-state index is -0.473. The fourth-order valence-electron chi connectivity index (χ4n) is 6.11. The molecule has 6 heteroatoms. The molecule has 0 spiro atoms. The molecule has 6 nitrogen and oxygen atoms in total. The first-order valence-corrected chi connectivity index (χ1v) is 14.8. The second-order valence-electron chi connectivity index (χ2n) is 11.9. The van der Waals surface area contributed by atoms with Gasteiger partial charge in [-0.2, -0.15) is 0 Å². The number of hydrogen-bond acceptors (Lipinski definition) is 5. The van der Waals surface area contributed by atoms with Crippen LogP contribution in [0.3, 0.4) is 0 Å². The molecule has 3 atom stereocenters. The Hall–Kier alpha value is -3.32. The summed E-state index contributed by atoms with van der Waals surface area (Å²) in [5, 5.41) is 9.07. The highest BCUT2D eigenvalue weighted by atomic mass is 16.3. The van der Waals surface area contributed by atoms with Crippen LogP contribution in [-0.4, -0.2) is 76.9 Å². The molecule has 3 aromatic carbocycles. The van der Waals surface area contributed by atoms with Crippen LogP contribution in [0.2, 0.25) is 0 Å². The summed E-state index contributed by atoms with van der Waals surface area (Å²) in [6.07, 6.45) is 2.04. The van der Waals surface area contributed by atoms with Crippen molar-refractivity contribution < 1.29 is 14.7 Å². The predicted molar refractivity (Wildman–Crippen MR) is 165 cm³/mol. The fourth-order valence-corrected chi connectivity index (χ4v) is 6.11. The van der Waals surface area contributed by atoms with Crippen molar-refractivity contribution >= 4 is 11.7 Å². The fraction of sp³-hybridized carbons (Fsp3) is 0.429. The van der Waals surface area contributed by atoms with Gasteiger partial charge in [0.2, 0.25) is 0 Å². The Kier molecular flexibility index (Phi) is 10.9.